The van der Waals surface area contributed by atoms with Crippen molar-refractivity contribution >= 4 is 29.7 Å². The van der Waals surface area contributed by atoms with E-state index in [-0.39, 0.29) is 6.04 Å². The third-order valence-electron chi connectivity index (χ3n) is 2.60. The number of hydrogen-bond acceptors (Lipinski definition) is 4. The number of urea groups is 1. The Labute approximate surface area is 109 Å². The maximum atomic E-state index is 11.9. The number of rotatable bonds is 4. The molecule has 1 saturated heterocycles. The van der Waals surface area contributed by atoms with Crippen molar-refractivity contribution in [2.45, 2.75) is 25.4 Å². The highest BCUT2D eigenvalue weighted by molar-refractivity contribution is 7.99. The van der Waals surface area contributed by atoms with E-state index in [0.29, 0.717) is 6.54 Å². The van der Waals surface area contributed by atoms with Gasteiger partial charge in [-0.2, -0.15) is 11.8 Å². The van der Waals surface area contributed by atoms with Crippen LogP contribution in [0.2, 0.25) is 0 Å². The summed E-state index contributed by atoms with van der Waals surface area (Å²) in [5.41, 5.74) is 0. The summed E-state index contributed by atoms with van der Waals surface area (Å²) in [6, 6.07) is -1.89. The second-order valence-corrected chi connectivity index (χ2v) is 5.21. The molecule has 0 aliphatic carbocycles. The first kappa shape index (κ1) is 14.6. The Hall–Kier alpha value is -1.44. The summed E-state index contributed by atoms with van der Waals surface area (Å²) >= 11 is 1.73. The number of carbonyl (C=O) groups excluding carboxylic acids is 1. The summed E-state index contributed by atoms with van der Waals surface area (Å²) in [7, 11) is 0. The van der Waals surface area contributed by atoms with Crippen LogP contribution in [0.3, 0.4) is 0 Å². The molecule has 0 bridgehead atoms. The monoisotopic (exact) mass is 276 g/mol. The standard InChI is InChI=1S/C10H16N2O5S/c1-6-5-18-3-2-12(6)10(17)11-7(9(15)16)4-8(13)14/h6-7H,2-5H2,1H3,(H,11,17)(H,13,14)(H,15,16)/t6?,7-/m1/s1. The van der Waals surface area contributed by atoms with Crippen molar-refractivity contribution in [3.05, 3.63) is 0 Å². The largest absolute Gasteiger partial charge is 0.481 e. The average Bonchev–Trinajstić information content (AvgIpc) is 2.27. The highest BCUT2D eigenvalue weighted by atomic mass is 32.2. The first-order valence-electron chi connectivity index (χ1n) is 5.51. The third-order valence-corrected chi connectivity index (χ3v) is 3.79. The fraction of sp³-hybridized carbons (Fsp3) is 0.700. The van der Waals surface area contributed by atoms with Crippen LogP contribution in [0.25, 0.3) is 0 Å². The van der Waals surface area contributed by atoms with Crippen molar-refractivity contribution in [1.82, 2.24) is 10.2 Å². The van der Waals surface area contributed by atoms with E-state index >= 15 is 0 Å². The number of thioether (sulfide) groups is 1. The van der Waals surface area contributed by atoms with Gasteiger partial charge >= 0.3 is 18.0 Å². The van der Waals surface area contributed by atoms with Crippen LogP contribution in [-0.2, 0) is 9.59 Å². The Morgan fingerprint density at radius 3 is 2.61 bits per heavy atom. The van der Waals surface area contributed by atoms with Crippen molar-refractivity contribution in [2.24, 2.45) is 0 Å². The summed E-state index contributed by atoms with van der Waals surface area (Å²) in [5.74, 6) is -1.01. The molecule has 18 heavy (non-hydrogen) atoms. The van der Waals surface area contributed by atoms with Crippen LogP contribution in [0.4, 0.5) is 4.79 Å². The summed E-state index contributed by atoms with van der Waals surface area (Å²) < 4.78 is 0. The van der Waals surface area contributed by atoms with Gasteiger partial charge in [0.15, 0.2) is 0 Å². The van der Waals surface area contributed by atoms with Gasteiger partial charge in [-0.25, -0.2) is 9.59 Å². The molecule has 1 rings (SSSR count). The molecule has 8 heteroatoms. The van der Waals surface area contributed by atoms with Gasteiger partial charge in [0, 0.05) is 24.1 Å². The average molecular weight is 276 g/mol. The second-order valence-electron chi connectivity index (χ2n) is 4.06. The Balaban J connectivity index is 2.59. The van der Waals surface area contributed by atoms with Gasteiger partial charge in [-0.15, -0.1) is 0 Å². The lowest BCUT2D eigenvalue weighted by Crippen LogP contribution is -2.53. The molecule has 1 aliphatic rings. The number of aliphatic carboxylic acids is 2. The molecule has 0 aromatic rings. The van der Waals surface area contributed by atoms with Crippen molar-refractivity contribution in [3.63, 3.8) is 0 Å². The Morgan fingerprint density at radius 2 is 2.11 bits per heavy atom. The maximum absolute atomic E-state index is 11.9. The van der Waals surface area contributed by atoms with Gasteiger partial charge in [0.25, 0.3) is 0 Å². The van der Waals surface area contributed by atoms with E-state index in [4.69, 9.17) is 10.2 Å². The minimum Gasteiger partial charge on any atom is -0.481 e. The lowest BCUT2D eigenvalue weighted by Gasteiger charge is -2.33. The number of nitrogens with one attached hydrogen (secondary N) is 1. The maximum Gasteiger partial charge on any atom is 0.326 e. The van der Waals surface area contributed by atoms with E-state index in [1.54, 1.807) is 11.8 Å². The minimum absolute atomic E-state index is 0.0167. The van der Waals surface area contributed by atoms with Crippen LogP contribution in [0, 0.1) is 0 Å². The van der Waals surface area contributed by atoms with E-state index in [1.807, 2.05) is 6.92 Å². The van der Waals surface area contributed by atoms with Gasteiger partial charge in [0.05, 0.1) is 6.42 Å². The molecule has 2 atom stereocenters. The van der Waals surface area contributed by atoms with Gasteiger partial charge in [0.1, 0.15) is 6.04 Å². The number of carboxylic acid groups (broad SMARTS) is 2. The topological polar surface area (TPSA) is 107 Å². The quantitative estimate of drug-likeness (QED) is 0.670. The predicted octanol–water partition coefficient (Wildman–Crippen LogP) is 0.0612. The molecule has 1 unspecified atom stereocenters. The zero-order valence-corrected chi connectivity index (χ0v) is 10.8. The lowest BCUT2D eigenvalue weighted by atomic mass is 10.2. The molecule has 0 aromatic heterocycles. The number of hydrogen-bond donors (Lipinski definition) is 3. The molecule has 7 nitrogen and oxygen atoms in total. The van der Waals surface area contributed by atoms with E-state index < -0.39 is 30.4 Å². The highest BCUT2D eigenvalue weighted by Crippen LogP contribution is 2.16. The molecular formula is C10H16N2O5S. The number of amides is 2. The van der Waals surface area contributed by atoms with Crippen LogP contribution in [0.5, 0.6) is 0 Å². The van der Waals surface area contributed by atoms with Crippen LogP contribution < -0.4 is 5.32 Å². The first-order valence-corrected chi connectivity index (χ1v) is 6.66. The first-order chi connectivity index (χ1) is 8.41. The summed E-state index contributed by atoms with van der Waals surface area (Å²) in [6.45, 7) is 2.41. The zero-order chi connectivity index (χ0) is 13.7. The molecule has 3 N–H and O–H groups in total. The van der Waals surface area contributed by atoms with Gasteiger partial charge in [0.2, 0.25) is 0 Å². The van der Waals surface area contributed by atoms with E-state index in [9.17, 15) is 14.4 Å². The van der Waals surface area contributed by atoms with Crippen LogP contribution in [0.15, 0.2) is 0 Å². The fourth-order valence-corrected chi connectivity index (χ4v) is 2.65. The summed E-state index contributed by atoms with van der Waals surface area (Å²) in [5, 5.41) is 19.7. The van der Waals surface area contributed by atoms with Crippen molar-refractivity contribution in [2.75, 3.05) is 18.1 Å². The molecular weight excluding hydrogens is 260 g/mol. The van der Waals surface area contributed by atoms with E-state index in [1.165, 1.54) is 4.90 Å². The molecule has 0 saturated carbocycles. The number of nitrogens with zero attached hydrogens (tertiary/aromatic N) is 1. The van der Waals surface area contributed by atoms with E-state index in [0.717, 1.165) is 11.5 Å². The third kappa shape index (κ3) is 4.10. The normalized spacial score (nSPS) is 21.2. The minimum atomic E-state index is -1.39. The molecule has 0 spiro atoms. The van der Waals surface area contributed by atoms with Gasteiger partial charge in [-0.1, -0.05) is 0 Å². The summed E-state index contributed by atoms with van der Waals surface area (Å²) in [4.78, 5) is 34.7. The SMILES string of the molecule is CC1CSCCN1C(=O)N[C@H](CC(=O)O)C(=O)O. The molecule has 1 heterocycles. The smallest absolute Gasteiger partial charge is 0.326 e. The Kier molecular flexibility index (Phi) is 5.26. The lowest BCUT2D eigenvalue weighted by molar-refractivity contribution is -0.145. The Bertz CT molecular complexity index is 349. The highest BCUT2D eigenvalue weighted by Gasteiger charge is 2.28. The van der Waals surface area contributed by atoms with E-state index in [2.05, 4.69) is 5.32 Å². The molecule has 0 radical (unpaired) electrons. The zero-order valence-electron chi connectivity index (χ0n) is 9.96. The molecule has 0 aromatic carbocycles. The van der Waals surface area contributed by atoms with Crippen LogP contribution >= 0.6 is 11.8 Å². The van der Waals surface area contributed by atoms with Crippen molar-refractivity contribution in [3.8, 4) is 0 Å². The van der Waals surface area contributed by atoms with Gasteiger partial charge < -0.3 is 20.4 Å². The Morgan fingerprint density at radius 1 is 1.44 bits per heavy atom. The van der Waals surface area contributed by atoms with Gasteiger partial charge in [-0.3, -0.25) is 4.79 Å². The molecule has 1 aliphatic heterocycles. The van der Waals surface area contributed by atoms with Gasteiger partial charge in [-0.05, 0) is 6.92 Å². The number of carboxylic acids is 2. The fourth-order valence-electron chi connectivity index (χ4n) is 1.64. The molecule has 1 fully saturated rings. The summed E-state index contributed by atoms with van der Waals surface area (Å²) in [6.07, 6.45) is -0.627. The second kappa shape index (κ2) is 6.48. The van der Waals surface area contributed by atoms with Crippen molar-refractivity contribution in [1.29, 1.82) is 0 Å². The predicted molar refractivity (Wildman–Crippen MR) is 65.7 cm³/mol. The van der Waals surface area contributed by atoms with Crippen LogP contribution in [-0.4, -0.2) is 63.2 Å². The van der Waals surface area contributed by atoms with Crippen molar-refractivity contribution < 1.29 is 24.6 Å². The number of carbonyl (C=O) groups is 3. The molecule has 102 valence electrons. The van der Waals surface area contributed by atoms with Crippen LogP contribution in [0.1, 0.15) is 13.3 Å². The molecule has 2 amide bonds.